The number of hydrogen-bond acceptors (Lipinski definition) is 4. The van der Waals surface area contributed by atoms with Crippen LogP contribution in [-0.4, -0.2) is 22.7 Å². The minimum Gasteiger partial charge on any atom is -0.490 e. The van der Waals surface area contributed by atoms with Crippen molar-refractivity contribution in [1.82, 2.24) is 4.98 Å². The second-order valence-electron chi connectivity index (χ2n) is 4.44. The molecule has 21 heavy (non-hydrogen) atoms. The topological polar surface area (TPSA) is 68.7 Å². The number of carboxylic acids is 1. The van der Waals surface area contributed by atoms with Gasteiger partial charge in [-0.1, -0.05) is 19.1 Å². The predicted molar refractivity (Wildman–Crippen MR) is 77.8 cm³/mol. The molecule has 5 heteroatoms. The lowest BCUT2D eigenvalue weighted by atomic mass is 10.2. The number of ether oxygens (including phenoxy) is 2. The molecule has 1 aromatic heterocycles. The van der Waals surface area contributed by atoms with E-state index in [0.29, 0.717) is 18.1 Å². The minimum absolute atomic E-state index is 0.00613. The van der Waals surface area contributed by atoms with E-state index in [9.17, 15) is 4.79 Å². The van der Waals surface area contributed by atoms with Crippen LogP contribution in [0, 0.1) is 0 Å². The molecule has 1 N–H and O–H groups in total. The number of para-hydroxylation sites is 2. The Hall–Kier alpha value is -2.56. The molecule has 0 aliphatic rings. The van der Waals surface area contributed by atoms with E-state index in [1.54, 1.807) is 6.07 Å². The van der Waals surface area contributed by atoms with Gasteiger partial charge in [-0.25, -0.2) is 9.78 Å². The summed E-state index contributed by atoms with van der Waals surface area (Å²) >= 11 is 0. The number of pyridine rings is 1. The van der Waals surface area contributed by atoms with Gasteiger partial charge in [0.05, 0.1) is 6.61 Å². The van der Waals surface area contributed by atoms with E-state index in [4.69, 9.17) is 14.6 Å². The number of carboxylic acid groups (broad SMARTS) is 1. The van der Waals surface area contributed by atoms with Crippen molar-refractivity contribution in [2.45, 2.75) is 20.0 Å². The zero-order valence-electron chi connectivity index (χ0n) is 11.8. The molecule has 0 amide bonds. The maximum absolute atomic E-state index is 10.9. The van der Waals surface area contributed by atoms with Crippen LogP contribution in [0.2, 0.25) is 0 Å². The summed E-state index contributed by atoms with van der Waals surface area (Å²) < 4.78 is 11.3. The fourth-order valence-corrected chi connectivity index (χ4v) is 1.74. The van der Waals surface area contributed by atoms with Crippen LogP contribution in [0.4, 0.5) is 0 Å². The van der Waals surface area contributed by atoms with Gasteiger partial charge in [0.15, 0.2) is 11.5 Å². The first-order valence-corrected chi connectivity index (χ1v) is 6.73. The Balaban J connectivity index is 2.06. The zero-order chi connectivity index (χ0) is 15.1. The summed E-state index contributed by atoms with van der Waals surface area (Å²) in [5.74, 6) is 0.273. The fraction of sp³-hybridized carbons (Fsp3) is 0.250. The first kappa shape index (κ1) is 14.8. The lowest BCUT2D eigenvalue weighted by molar-refractivity contribution is 0.0690. The highest BCUT2D eigenvalue weighted by molar-refractivity contribution is 5.85. The summed E-state index contributed by atoms with van der Waals surface area (Å²) in [5.41, 5.74) is 0.749. The van der Waals surface area contributed by atoms with Crippen LogP contribution in [-0.2, 0) is 6.61 Å². The van der Waals surface area contributed by atoms with Crippen molar-refractivity contribution in [2.75, 3.05) is 6.61 Å². The van der Waals surface area contributed by atoms with Crippen molar-refractivity contribution in [3.05, 3.63) is 53.9 Å². The summed E-state index contributed by atoms with van der Waals surface area (Å²) in [7, 11) is 0. The maximum Gasteiger partial charge on any atom is 0.354 e. The van der Waals surface area contributed by atoms with Gasteiger partial charge < -0.3 is 14.6 Å². The number of carbonyl (C=O) groups is 1. The van der Waals surface area contributed by atoms with Gasteiger partial charge in [-0.05, 0) is 36.2 Å². The normalized spacial score (nSPS) is 10.1. The molecule has 0 radical (unpaired) electrons. The van der Waals surface area contributed by atoms with Crippen molar-refractivity contribution >= 4 is 5.97 Å². The van der Waals surface area contributed by atoms with Gasteiger partial charge in [0, 0.05) is 6.20 Å². The third-order valence-electron chi connectivity index (χ3n) is 2.75. The fourth-order valence-electron chi connectivity index (χ4n) is 1.74. The smallest absolute Gasteiger partial charge is 0.354 e. The Labute approximate surface area is 123 Å². The molecular formula is C16H17NO4. The number of rotatable bonds is 7. The molecule has 1 aromatic carbocycles. The molecule has 0 saturated carbocycles. The quantitative estimate of drug-likeness (QED) is 0.847. The Morgan fingerprint density at radius 3 is 2.57 bits per heavy atom. The minimum atomic E-state index is -1.05. The van der Waals surface area contributed by atoms with Gasteiger partial charge in [-0.3, -0.25) is 0 Å². The van der Waals surface area contributed by atoms with Gasteiger partial charge >= 0.3 is 5.97 Å². The number of aromatic nitrogens is 1. The van der Waals surface area contributed by atoms with Crippen LogP contribution in [0.15, 0.2) is 42.6 Å². The summed E-state index contributed by atoms with van der Waals surface area (Å²) in [4.78, 5) is 14.6. The molecule has 110 valence electrons. The highest BCUT2D eigenvalue weighted by Crippen LogP contribution is 2.27. The maximum atomic E-state index is 10.9. The number of nitrogens with zero attached hydrogens (tertiary/aromatic N) is 1. The molecule has 0 aliphatic heterocycles. The van der Waals surface area contributed by atoms with Gasteiger partial charge in [-0.2, -0.15) is 0 Å². The summed E-state index contributed by atoms with van der Waals surface area (Å²) in [6, 6.07) is 10.6. The summed E-state index contributed by atoms with van der Waals surface area (Å²) in [6.45, 7) is 2.92. The van der Waals surface area contributed by atoms with E-state index in [1.165, 1.54) is 12.3 Å². The van der Waals surface area contributed by atoms with Crippen LogP contribution in [0.3, 0.4) is 0 Å². The Morgan fingerprint density at radius 2 is 1.90 bits per heavy atom. The van der Waals surface area contributed by atoms with Crippen LogP contribution in [0.1, 0.15) is 29.4 Å². The van der Waals surface area contributed by atoms with E-state index >= 15 is 0 Å². The van der Waals surface area contributed by atoms with Crippen molar-refractivity contribution in [1.29, 1.82) is 0 Å². The average molecular weight is 287 g/mol. The van der Waals surface area contributed by atoms with Crippen LogP contribution < -0.4 is 9.47 Å². The molecule has 5 nitrogen and oxygen atoms in total. The number of benzene rings is 1. The molecule has 0 bridgehead atoms. The van der Waals surface area contributed by atoms with Crippen molar-refractivity contribution < 1.29 is 19.4 Å². The van der Waals surface area contributed by atoms with Crippen molar-refractivity contribution in [3.63, 3.8) is 0 Å². The average Bonchev–Trinajstić information content (AvgIpc) is 2.52. The lowest BCUT2D eigenvalue weighted by Crippen LogP contribution is -2.04. The second kappa shape index (κ2) is 7.28. The lowest BCUT2D eigenvalue weighted by Gasteiger charge is -2.12. The van der Waals surface area contributed by atoms with E-state index in [2.05, 4.69) is 4.98 Å². The van der Waals surface area contributed by atoms with Crippen LogP contribution >= 0.6 is 0 Å². The molecular weight excluding hydrogens is 270 g/mol. The molecule has 0 spiro atoms. The van der Waals surface area contributed by atoms with E-state index in [-0.39, 0.29) is 12.3 Å². The predicted octanol–water partition coefficient (Wildman–Crippen LogP) is 3.15. The first-order chi connectivity index (χ1) is 10.2. The molecule has 0 fully saturated rings. The van der Waals surface area contributed by atoms with E-state index < -0.39 is 5.97 Å². The van der Waals surface area contributed by atoms with Gasteiger partial charge in [0.1, 0.15) is 12.3 Å². The molecule has 0 atom stereocenters. The largest absolute Gasteiger partial charge is 0.490 e. The van der Waals surface area contributed by atoms with Crippen molar-refractivity contribution in [3.8, 4) is 11.5 Å². The Bertz CT molecular complexity index is 613. The van der Waals surface area contributed by atoms with Gasteiger partial charge in [0.25, 0.3) is 0 Å². The summed E-state index contributed by atoms with van der Waals surface area (Å²) in [6.07, 6.45) is 2.38. The third kappa shape index (κ3) is 4.21. The highest BCUT2D eigenvalue weighted by Gasteiger charge is 2.07. The van der Waals surface area contributed by atoms with Gasteiger partial charge in [0.2, 0.25) is 0 Å². The third-order valence-corrected chi connectivity index (χ3v) is 2.75. The SMILES string of the molecule is CCCOc1ccccc1OCc1ccnc(C(=O)O)c1. The van der Waals surface area contributed by atoms with Gasteiger partial charge in [-0.15, -0.1) is 0 Å². The summed E-state index contributed by atoms with van der Waals surface area (Å²) in [5, 5.41) is 8.91. The first-order valence-electron chi connectivity index (χ1n) is 6.73. The molecule has 2 aromatic rings. The number of hydrogen-bond donors (Lipinski definition) is 1. The molecule has 1 heterocycles. The number of aromatic carboxylic acids is 1. The standard InChI is InChI=1S/C16H17NO4/c1-2-9-20-14-5-3-4-6-15(14)21-11-12-7-8-17-13(10-12)16(18)19/h3-8,10H,2,9,11H2,1H3,(H,18,19). The second-order valence-corrected chi connectivity index (χ2v) is 4.44. The molecule has 0 aliphatic carbocycles. The monoisotopic (exact) mass is 287 g/mol. The molecule has 0 saturated heterocycles. The highest BCUT2D eigenvalue weighted by atomic mass is 16.5. The zero-order valence-corrected chi connectivity index (χ0v) is 11.8. The van der Waals surface area contributed by atoms with Crippen LogP contribution in [0.5, 0.6) is 11.5 Å². The van der Waals surface area contributed by atoms with Crippen molar-refractivity contribution in [2.24, 2.45) is 0 Å². The van der Waals surface area contributed by atoms with E-state index in [0.717, 1.165) is 12.0 Å². The van der Waals surface area contributed by atoms with Crippen LogP contribution in [0.25, 0.3) is 0 Å². The molecule has 2 rings (SSSR count). The molecule has 0 unspecified atom stereocenters. The van der Waals surface area contributed by atoms with E-state index in [1.807, 2.05) is 31.2 Å². The Kier molecular flexibility index (Phi) is 5.15. The Morgan fingerprint density at radius 1 is 1.19 bits per heavy atom.